The number of hydrogen-bond acceptors (Lipinski definition) is 6. The standard InChI is InChI=1S/C25H34BrN5O2/c1-16(2)29(4)14-20(18-5-7-19(26)8-6-18)25(33)31-11-9-30(10-12-31)24-22-17(3)13-21(32)23(22)27-15-28-24/h5-8,15-17,20-21,32H,9-14H2,1-4H3/t17-,20-,21+/m1/s1. The number of carbonyl (C=O) groups is 1. The average molecular weight is 516 g/mol. The number of piperazine rings is 1. The van der Waals surface area contributed by atoms with Crippen molar-refractivity contribution in [2.45, 2.75) is 51.2 Å². The number of likely N-dealkylation sites (N-methyl/N-ethyl adjacent to an activating group) is 1. The number of rotatable bonds is 6. The molecule has 0 unspecified atom stereocenters. The minimum absolute atomic E-state index is 0.182. The van der Waals surface area contributed by atoms with Gasteiger partial charge in [-0.3, -0.25) is 4.79 Å². The molecule has 1 aliphatic heterocycles. The van der Waals surface area contributed by atoms with Gasteiger partial charge in [0.2, 0.25) is 5.91 Å². The Morgan fingerprint density at radius 2 is 1.85 bits per heavy atom. The maximum atomic E-state index is 13.7. The van der Waals surface area contributed by atoms with Gasteiger partial charge in [0.05, 0.1) is 17.7 Å². The summed E-state index contributed by atoms with van der Waals surface area (Å²) in [5.41, 5.74) is 2.88. The van der Waals surface area contributed by atoms with Crippen molar-refractivity contribution in [3.8, 4) is 0 Å². The maximum Gasteiger partial charge on any atom is 0.231 e. The topological polar surface area (TPSA) is 72.8 Å². The molecule has 2 aliphatic rings. The second kappa shape index (κ2) is 10.1. The van der Waals surface area contributed by atoms with Gasteiger partial charge in [-0.25, -0.2) is 9.97 Å². The number of nitrogens with zero attached hydrogens (tertiary/aromatic N) is 5. The van der Waals surface area contributed by atoms with Crippen molar-refractivity contribution in [1.29, 1.82) is 0 Å². The molecule has 1 aromatic heterocycles. The Hall–Kier alpha value is -2.03. The summed E-state index contributed by atoms with van der Waals surface area (Å²) in [5.74, 6) is 1.14. The van der Waals surface area contributed by atoms with Crippen LogP contribution >= 0.6 is 15.9 Å². The predicted molar refractivity (Wildman–Crippen MR) is 133 cm³/mol. The van der Waals surface area contributed by atoms with Gasteiger partial charge in [0.15, 0.2) is 0 Å². The van der Waals surface area contributed by atoms with Crippen molar-refractivity contribution in [1.82, 2.24) is 19.8 Å². The van der Waals surface area contributed by atoms with Crippen LogP contribution in [0, 0.1) is 0 Å². The first kappa shape index (κ1) is 24.1. The summed E-state index contributed by atoms with van der Waals surface area (Å²) >= 11 is 3.50. The van der Waals surface area contributed by atoms with Crippen molar-refractivity contribution in [3.05, 3.63) is 51.9 Å². The summed E-state index contributed by atoms with van der Waals surface area (Å²) in [6.45, 7) is 9.89. The van der Waals surface area contributed by atoms with Gasteiger partial charge in [-0.1, -0.05) is 35.0 Å². The van der Waals surface area contributed by atoms with E-state index in [1.165, 1.54) is 0 Å². The number of aliphatic hydroxyl groups excluding tert-OH is 1. The number of anilines is 1. The molecular formula is C25H34BrN5O2. The lowest BCUT2D eigenvalue weighted by atomic mass is 9.96. The van der Waals surface area contributed by atoms with E-state index in [1.54, 1.807) is 6.33 Å². The molecule has 33 heavy (non-hydrogen) atoms. The Balaban J connectivity index is 1.49. The first-order valence-corrected chi connectivity index (χ1v) is 12.6. The van der Waals surface area contributed by atoms with Gasteiger partial charge >= 0.3 is 0 Å². The van der Waals surface area contributed by atoms with E-state index in [1.807, 2.05) is 29.2 Å². The van der Waals surface area contributed by atoms with Crippen LogP contribution < -0.4 is 4.90 Å². The number of fused-ring (bicyclic) bond motifs is 1. The Bertz CT molecular complexity index is 975. The number of amides is 1. The second-order valence-electron chi connectivity index (χ2n) is 9.60. The van der Waals surface area contributed by atoms with Crippen LogP contribution in [0.3, 0.4) is 0 Å². The molecule has 2 heterocycles. The van der Waals surface area contributed by atoms with E-state index in [0.717, 1.165) is 40.2 Å². The van der Waals surface area contributed by atoms with Gasteiger partial charge in [0.25, 0.3) is 0 Å². The van der Waals surface area contributed by atoms with E-state index in [9.17, 15) is 9.90 Å². The number of carbonyl (C=O) groups excluding carboxylic acids is 1. The highest BCUT2D eigenvalue weighted by atomic mass is 79.9. The Kier molecular flexibility index (Phi) is 7.36. The molecular weight excluding hydrogens is 482 g/mol. The molecule has 1 aromatic carbocycles. The molecule has 1 N–H and O–H groups in total. The second-order valence-corrected chi connectivity index (χ2v) is 10.5. The van der Waals surface area contributed by atoms with E-state index in [0.29, 0.717) is 32.1 Å². The number of hydrogen-bond donors (Lipinski definition) is 1. The first-order valence-electron chi connectivity index (χ1n) is 11.8. The van der Waals surface area contributed by atoms with Crippen molar-refractivity contribution >= 4 is 27.7 Å². The predicted octanol–water partition coefficient (Wildman–Crippen LogP) is 3.55. The minimum Gasteiger partial charge on any atom is -0.387 e. The van der Waals surface area contributed by atoms with Crippen molar-refractivity contribution in [2.75, 3.05) is 44.7 Å². The molecule has 4 rings (SSSR count). The Morgan fingerprint density at radius 1 is 1.18 bits per heavy atom. The molecule has 178 valence electrons. The lowest BCUT2D eigenvalue weighted by Crippen LogP contribution is -2.51. The zero-order valence-electron chi connectivity index (χ0n) is 19.9. The summed E-state index contributed by atoms with van der Waals surface area (Å²) in [6.07, 6.45) is 1.74. The zero-order valence-corrected chi connectivity index (χ0v) is 21.5. The van der Waals surface area contributed by atoms with Crippen LogP contribution in [-0.4, -0.2) is 76.6 Å². The SMILES string of the molecule is CC(C)N(C)C[C@@H](C(=O)N1CCN(c2ncnc3c2[C@H](C)C[C@@H]3O)CC1)c1ccc(Br)cc1. The van der Waals surface area contributed by atoms with Crippen LogP contribution in [0.1, 0.15) is 62.0 Å². The lowest BCUT2D eigenvalue weighted by molar-refractivity contribution is -0.133. The maximum absolute atomic E-state index is 13.7. The van der Waals surface area contributed by atoms with Crippen molar-refractivity contribution in [3.63, 3.8) is 0 Å². The normalized spacial score (nSPS) is 21.6. The third-order valence-corrected chi connectivity index (χ3v) is 7.62. The van der Waals surface area contributed by atoms with Gasteiger partial charge in [-0.15, -0.1) is 0 Å². The largest absolute Gasteiger partial charge is 0.387 e. The summed E-state index contributed by atoms with van der Waals surface area (Å²) < 4.78 is 1.01. The molecule has 1 amide bonds. The van der Waals surface area contributed by atoms with E-state index in [-0.39, 0.29) is 17.7 Å². The molecule has 1 saturated heterocycles. The van der Waals surface area contributed by atoms with Gasteiger partial charge in [-0.05, 0) is 50.9 Å². The van der Waals surface area contributed by atoms with Crippen LogP contribution in [0.25, 0.3) is 0 Å². The molecule has 0 spiro atoms. The van der Waals surface area contributed by atoms with Crippen LogP contribution in [0.15, 0.2) is 35.1 Å². The van der Waals surface area contributed by atoms with Gasteiger partial charge in [-0.2, -0.15) is 0 Å². The van der Waals surface area contributed by atoms with Crippen LogP contribution in [0.5, 0.6) is 0 Å². The fourth-order valence-corrected chi connectivity index (χ4v) is 5.10. The van der Waals surface area contributed by atoms with E-state index < -0.39 is 6.10 Å². The highest BCUT2D eigenvalue weighted by Crippen LogP contribution is 2.42. The highest BCUT2D eigenvalue weighted by molar-refractivity contribution is 9.10. The minimum atomic E-state index is -0.510. The van der Waals surface area contributed by atoms with Gasteiger partial charge in [0.1, 0.15) is 12.1 Å². The van der Waals surface area contributed by atoms with Crippen LogP contribution in [0.2, 0.25) is 0 Å². The van der Waals surface area contributed by atoms with E-state index in [2.05, 4.69) is 63.5 Å². The van der Waals surface area contributed by atoms with Gasteiger partial charge in [0, 0.05) is 48.8 Å². The molecule has 0 radical (unpaired) electrons. The van der Waals surface area contributed by atoms with Crippen LogP contribution in [0.4, 0.5) is 5.82 Å². The third-order valence-electron chi connectivity index (χ3n) is 7.09. The molecule has 2 aromatic rings. The molecule has 1 fully saturated rings. The number of aromatic nitrogens is 2. The fraction of sp³-hybridized carbons (Fsp3) is 0.560. The summed E-state index contributed by atoms with van der Waals surface area (Å²) in [7, 11) is 2.08. The molecule has 8 heteroatoms. The first-order chi connectivity index (χ1) is 15.8. The molecule has 0 bridgehead atoms. The molecule has 1 aliphatic carbocycles. The number of benzene rings is 1. The van der Waals surface area contributed by atoms with Gasteiger partial charge < -0.3 is 19.8 Å². The van der Waals surface area contributed by atoms with E-state index >= 15 is 0 Å². The van der Waals surface area contributed by atoms with Crippen molar-refractivity contribution in [2.24, 2.45) is 0 Å². The highest BCUT2D eigenvalue weighted by Gasteiger charge is 2.35. The lowest BCUT2D eigenvalue weighted by Gasteiger charge is -2.38. The third kappa shape index (κ3) is 5.08. The Labute approximate surface area is 204 Å². The van der Waals surface area contributed by atoms with Crippen molar-refractivity contribution < 1.29 is 9.90 Å². The summed E-state index contributed by atoms with van der Waals surface area (Å²) in [6, 6.07) is 8.48. The quantitative estimate of drug-likeness (QED) is 0.634. The number of aliphatic hydroxyl groups is 1. The monoisotopic (exact) mass is 515 g/mol. The Morgan fingerprint density at radius 3 is 2.48 bits per heavy atom. The zero-order chi connectivity index (χ0) is 23.7. The average Bonchev–Trinajstić information content (AvgIpc) is 3.11. The van der Waals surface area contributed by atoms with Crippen LogP contribution in [-0.2, 0) is 4.79 Å². The smallest absolute Gasteiger partial charge is 0.231 e. The molecule has 3 atom stereocenters. The fourth-order valence-electron chi connectivity index (χ4n) is 4.83. The molecule has 0 saturated carbocycles. The summed E-state index contributed by atoms with van der Waals surface area (Å²) in [5, 5.41) is 10.3. The number of halogens is 1. The van der Waals surface area contributed by atoms with E-state index in [4.69, 9.17) is 0 Å². The summed E-state index contributed by atoms with van der Waals surface area (Å²) in [4.78, 5) is 29.1. The molecule has 7 nitrogen and oxygen atoms in total.